The standard InChI is InChI=1S/C22H23ClN6OS/c1-3-13-29-20(15-24-19-7-5-4-6-8-19)26-28-22(29)31-16(2)21(30)27-25-14-17-9-11-18(23)12-10-17/h3-12,14,16,24H,1,13,15H2,2H3,(H,27,30)/b25-14-/t16-/m1/s1. The lowest BCUT2D eigenvalue weighted by Crippen LogP contribution is -2.27. The predicted molar refractivity (Wildman–Crippen MR) is 126 cm³/mol. The molecule has 2 N–H and O–H groups in total. The first-order valence-corrected chi connectivity index (χ1v) is 10.9. The van der Waals surface area contributed by atoms with E-state index in [9.17, 15) is 4.79 Å². The van der Waals surface area contributed by atoms with Gasteiger partial charge < -0.3 is 9.88 Å². The maximum atomic E-state index is 12.4. The fourth-order valence-electron chi connectivity index (χ4n) is 2.61. The zero-order valence-electron chi connectivity index (χ0n) is 17.0. The van der Waals surface area contributed by atoms with Gasteiger partial charge in [0.15, 0.2) is 11.0 Å². The maximum Gasteiger partial charge on any atom is 0.253 e. The van der Waals surface area contributed by atoms with Gasteiger partial charge in [-0.2, -0.15) is 5.10 Å². The average Bonchev–Trinajstić information content (AvgIpc) is 3.15. The zero-order valence-corrected chi connectivity index (χ0v) is 18.6. The quantitative estimate of drug-likeness (QED) is 0.206. The summed E-state index contributed by atoms with van der Waals surface area (Å²) in [5.41, 5.74) is 4.39. The van der Waals surface area contributed by atoms with Crippen molar-refractivity contribution in [2.45, 2.75) is 30.4 Å². The van der Waals surface area contributed by atoms with Gasteiger partial charge in [0.1, 0.15) is 0 Å². The SMILES string of the molecule is C=CCn1c(CNc2ccccc2)nnc1S[C@H](C)C(=O)N/N=C\c1ccc(Cl)cc1. The van der Waals surface area contributed by atoms with Gasteiger partial charge in [0, 0.05) is 17.3 Å². The average molecular weight is 455 g/mol. The Kier molecular flexibility index (Phi) is 8.26. The molecule has 0 saturated carbocycles. The Hall–Kier alpha value is -3.10. The van der Waals surface area contributed by atoms with Crippen LogP contribution in [0.25, 0.3) is 0 Å². The first-order valence-electron chi connectivity index (χ1n) is 9.64. The number of hydrazone groups is 1. The van der Waals surface area contributed by atoms with Crippen LogP contribution in [0.2, 0.25) is 5.02 Å². The minimum absolute atomic E-state index is 0.229. The van der Waals surface area contributed by atoms with Crippen molar-refractivity contribution in [1.29, 1.82) is 0 Å². The molecular weight excluding hydrogens is 432 g/mol. The van der Waals surface area contributed by atoms with Crippen molar-refractivity contribution in [2.24, 2.45) is 5.10 Å². The van der Waals surface area contributed by atoms with Gasteiger partial charge in [-0.05, 0) is 36.8 Å². The molecule has 1 atom stereocenters. The topological polar surface area (TPSA) is 84.2 Å². The second-order valence-electron chi connectivity index (χ2n) is 6.56. The lowest BCUT2D eigenvalue weighted by Gasteiger charge is -2.12. The summed E-state index contributed by atoms with van der Waals surface area (Å²) >= 11 is 7.18. The smallest absolute Gasteiger partial charge is 0.253 e. The molecule has 3 aromatic rings. The molecule has 0 spiro atoms. The highest BCUT2D eigenvalue weighted by Gasteiger charge is 2.19. The van der Waals surface area contributed by atoms with Crippen LogP contribution in [-0.4, -0.2) is 32.1 Å². The minimum Gasteiger partial charge on any atom is -0.378 e. The largest absolute Gasteiger partial charge is 0.378 e. The number of benzene rings is 2. The Labute approximate surface area is 190 Å². The molecule has 7 nitrogen and oxygen atoms in total. The van der Waals surface area contributed by atoms with Crippen LogP contribution in [0.3, 0.4) is 0 Å². The number of para-hydroxylation sites is 1. The van der Waals surface area contributed by atoms with E-state index in [1.165, 1.54) is 11.8 Å². The molecule has 0 aliphatic rings. The molecule has 31 heavy (non-hydrogen) atoms. The molecule has 1 aromatic heterocycles. The molecule has 0 radical (unpaired) electrons. The molecule has 1 heterocycles. The van der Waals surface area contributed by atoms with Crippen molar-refractivity contribution in [3.63, 3.8) is 0 Å². The molecule has 0 fully saturated rings. The Balaban J connectivity index is 1.59. The van der Waals surface area contributed by atoms with Gasteiger partial charge in [-0.25, -0.2) is 5.43 Å². The van der Waals surface area contributed by atoms with Crippen LogP contribution >= 0.6 is 23.4 Å². The van der Waals surface area contributed by atoms with Crippen molar-refractivity contribution in [2.75, 3.05) is 5.32 Å². The number of nitrogens with one attached hydrogen (secondary N) is 2. The first kappa shape index (κ1) is 22.6. The Bertz CT molecular complexity index is 1040. The molecular formula is C22H23ClN6OS. The maximum absolute atomic E-state index is 12.4. The number of allylic oxidation sites excluding steroid dienone is 1. The van der Waals surface area contributed by atoms with E-state index in [0.717, 1.165) is 17.1 Å². The van der Waals surface area contributed by atoms with Gasteiger partial charge in [0.2, 0.25) is 0 Å². The number of hydrogen-bond donors (Lipinski definition) is 2. The molecule has 1 amide bonds. The third kappa shape index (κ3) is 6.70. The number of amides is 1. The number of hydrogen-bond acceptors (Lipinski definition) is 6. The second-order valence-corrected chi connectivity index (χ2v) is 8.31. The van der Waals surface area contributed by atoms with Gasteiger partial charge in [-0.3, -0.25) is 4.79 Å². The summed E-state index contributed by atoms with van der Waals surface area (Å²) in [6.07, 6.45) is 3.35. The molecule has 0 unspecified atom stereocenters. The summed E-state index contributed by atoms with van der Waals surface area (Å²) in [5.74, 6) is 0.534. The molecule has 0 saturated heterocycles. The highest BCUT2D eigenvalue weighted by atomic mass is 35.5. The number of thioether (sulfide) groups is 1. The number of carbonyl (C=O) groups is 1. The molecule has 0 bridgehead atoms. The van der Waals surface area contributed by atoms with E-state index >= 15 is 0 Å². The summed E-state index contributed by atoms with van der Waals surface area (Å²) in [6, 6.07) is 17.0. The summed E-state index contributed by atoms with van der Waals surface area (Å²) < 4.78 is 1.94. The van der Waals surface area contributed by atoms with Crippen molar-refractivity contribution in [3.8, 4) is 0 Å². The van der Waals surface area contributed by atoms with Crippen molar-refractivity contribution in [1.82, 2.24) is 20.2 Å². The van der Waals surface area contributed by atoms with Gasteiger partial charge in [-0.1, -0.05) is 59.8 Å². The molecule has 0 aliphatic heterocycles. The van der Waals surface area contributed by atoms with Crippen LogP contribution in [0, 0.1) is 0 Å². The molecule has 9 heteroatoms. The fourth-order valence-corrected chi connectivity index (χ4v) is 3.61. The number of anilines is 1. The van der Waals surface area contributed by atoms with Crippen molar-refractivity contribution >= 4 is 41.2 Å². The monoisotopic (exact) mass is 454 g/mol. The van der Waals surface area contributed by atoms with E-state index in [0.29, 0.717) is 23.3 Å². The van der Waals surface area contributed by atoms with Gasteiger partial charge in [-0.15, -0.1) is 16.8 Å². The summed E-state index contributed by atoms with van der Waals surface area (Å²) in [6.45, 7) is 6.67. The third-order valence-electron chi connectivity index (χ3n) is 4.24. The number of rotatable bonds is 10. The number of halogens is 1. The van der Waals surface area contributed by atoms with Crippen LogP contribution < -0.4 is 10.7 Å². The lowest BCUT2D eigenvalue weighted by atomic mass is 10.2. The number of aromatic nitrogens is 3. The van der Waals surface area contributed by atoms with Gasteiger partial charge in [0.25, 0.3) is 5.91 Å². The van der Waals surface area contributed by atoms with Crippen LogP contribution in [0.15, 0.2) is 77.5 Å². The van der Waals surface area contributed by atoms with E-state index in [1.54, 1.807) is 31.3 Å². The predicted octanol–water partition coefficient (Wildman–Crippen LogP) is 4.36. The fraction of sp³-hybridized carbons (Fsp3) is 0.182. The first-order chi connectivity index (χ1) is 15.1. The van der Waals surface area contributed by atoms with Crippen LogP contribution in [0.1, 0.15) is 18.3 Å². The van der Waals surface area contributed by atoms with E-state index < -0.39 is 5.25 Å². The normalized spacial score (nSPS) is 11.9. The molecule has 160 valence electrons. The van der Waals surface area contributed by atoms with Crippen LogP contribution in [0.4, 0.5) is 5.69 Å². The van der Waals surface area contributed by atoms with E-state index in [2.05, 4.69) is 32.6 Å². The van der Waals surface area contributed by atoms with Crippen molar-refractivity contribution < 1.29 is 4.79 Å². The van der Waals surface area contributed by atoms with Crippen LogP contribution in [0.5, 0.6) is 0 Å². The molecule has 2 aromatic carbocycles. The number of carbonyl (C=O) groups excluding carboxylic acids is 1. The summed E-state index contributed by atoms with van der Waals surface area (Å²) in [5, 5.41) is 16.8. The number of nitrogens with zero attached hydrogens (tertiary/aromatic N) is 4. The lowest BCUT2D eigenvalue weighted by molar-refractivity contribution is -0.120. The minimum atomic E-state index is -0.412. The van der Waals surface area contributed by atoms with E-state index in [-0.39, 0.29) is 5.91 Å². The molecule has 3 rings (SSSR count). The summed E-state index contributed by atoms with van der Waals surface area (Å²) in [7, 11) is 0. The third-order valence-corrected chi connectivity index (χ3v) is 5.57. The Morgan fingerprint density at radius 1 is 1.23 bits per heavy atom. The van der Waals surface area contributed by atoms with Crippen molar-refractivity contribution in [3.05, 3.63) is 83.7 Å². The molecule has 0 aliphatic carbocycles. The Morgan fingerprint density at radius 3 is 2.68 bits per heavy atom. The highest BCUT2D eigenvalue weighted by molar-refractivity contribution is 8.00. The van der Waals surface area contributed by atoms with Gasteiger partial charge >= 0.3 is 0 Å². The van der Waals surface area contributed by atoms with Gasteiger partial charge in [0.05, 0.1) is 18.0 Å². The highest BCUT2D eigenvalue weighted by Crippen LogP contribution is 2.23. The summed E-state index contributed by atoms with van der Waals surface area (Å²) in [4.78, 5) is 12.4. The van der Waals surface area contributed by atoms with E-state index in [1.807, 2.05) is 47.0 Å². The Morgan fingerprint density at radius 2 is 1.97 bits per heavy atom. The zero-order chi connectivity index (χ0) is 22.1. The van der Waals surface area contributed by atoms with Crippen LogP contribution in [-0.2, 0) is 17.9 Å². The second kappa shape index (κ2) is 11.3. The van der Waals surface area contributed by atoms with E-state index in [4.69, 9.17) is 11.6 Å².